The Balaban J connectivity index is 0. The lowest BCUT2D eigenvalue weighted by molar-refractivity contribution is 0.567. The number of unbranched alkanes of at least 4 members (excludes halogenated alkanes) is 10. The van der Waals surface area contributed by atoms with Crippen LogP contribution < -0.4 is 5.32 Å². The first-order chi connectivity index (χ1) is 9.33. The van der Waals surface area contributed by atoms with Crippen molar-refractivity contribution in [2.75, 3.05) is 18.9 Å². The normalized spacial score (nSPS) is 10.1. The van der Waals surface area contributed by atoms with Gasteiger partial charge < -0.3 is 5.32 Å². The molecule has 0 saturated carbocycles. The second kappa shape index (κ2) is 23.5. The van der Waals surface area contributed by atoms with Crippen molar-refractivity contribution in [1.82, 2.24) is 5.32 Å². The average molecular weight is 336 g/mol. The van der Waals surface area contributed by atoms with E-state index in [1.54, 1.807) is 0 Å². The van der Waals surface area contributed by atoms with Crippen molar-refractivity contribution in [3.05, 3.63) is 0 Å². The highest BCUT2D eigenvalue weighted by Gasteiger charge is 1.89. The molecule has 0 aromatic rings. The molecule has 19 heavy (non-hydrogen) atoms. The second-order valence-corrected chi connectivity index (χ2v) is 6.12. The molecule has 1 N–H and O–H groups in total. The van der Waals surface area contributed by atoms with Gasteiger partial charge in [-0.05, 0) is 26.4 Å². The molecule has 0 aliphatic heterocycles. The largest absolute Gasteiger partial charge is 0.320 e. The third-order valence-corrected chi connectivity index (χ3v) is 3.83. The van der Waals surface area contributed by atoms with Gasteiger partial charge in [-0.3, -0.25) is 0 Å². The monoisotopic (exact) mass is 335 g/mol. The molecule has 0 heterocycles. The fourth-order valence-electron chi connectivity index (χ4n) is 1.96. The molecule has 0 amide bonds. The van der Waals surface area contributed by atoms with E-state index < -0.39 is 0 Å². The van der Waals surface area contributed by atoms with E-state index in [1.165, 1.54) is 88.9 Å². The van der Waals surface area contributed by atoms with Gasteiger partial charge >= 0.3 is 0 Å². The Labute approximate surface area is 131 Å². The highest BCUT2D eigenvalue weighted by Crippen LogP contribution is 2.07. The van der Waals surface area contributed by atoms with Crippen molar-refractivity contribution in [3.8, 4) is 0 Å². The summed E-state index contributed by atoms with van der Waals surface area (Å²) in [5.74, 6) is 0. The van der Waals surface area contributed by atoms with Crippen LogP contribution in [0.4, 0.5) is 0 Å². The lowest BCUT2D eigenvalue weighted by atomic mass is 10.1. The van der Waals surface area contributed by atoms with Crippen LogP contribution in [-0.4, -0.2) is 18.9 Å². The van der Waals surface area contributed by atoms with Gasteiger partial charge in [0.05, 0.1) is 0 Å². The Bertz CT molecular complexity index is 114. The van der Waals surface area contributed by atoms with Crippen LogP contribution in [0.5, 0.6) is 0 Å². The summed E-state index contributed by atoms with van der Waals surface area (Å²) in [4.78, 5) is 0. The quantitative estimate of drug-likeness (QED) is 0.307. The summed E-state index contributed by atoms with van der Waals surface area (Å²) < 4.78 is 0. The molecule has 0 saturated heterocycles. The summed E-state index contributed by atoms with van der Waals surface area (Å²) >= 11 is 3.38. The molecule has 0 aromatic carbocycles. The minimum atomic E-state index is 1.17. The van der Waals surface area contributed by atoms with Gasteiger partial charge in [0.25, 0.3) is 0 Å². The van der Waals surface area contributed by atoms with Crippen LogP contribution in [0.1, 0.15) is 90.9 Å². The van der Waals surface area contributed by atoms with Crippen molar-refractivity contribution < 1.29 is 0 Å². The minimum Gasteiger partial charge on any atom is -0.320 e. The first-order valence-corrected chi connectivity index (χ1v) is 9.66. The number of hydrogen-bond donors (Lipinski definition) is 1. The number of halogens is 1. The number of nitrogens with one attached hydrogen (secondary N) is 1. The van der Waals surface area contributed by atoms with Gasteiger partial charge in [-0.25, -0.2) is 0 Å². The van der Waals surface area contributed by atoms with Crippen LogP contribution >= 0.6 is 15.9 Å². The number of hydrogen-bond acceptors (Lipinski definition) is 1. The fraction of sp³-hybridized carbons (Fsp3) is 1.00. The Morgan fingerprint density at radius 2 is 1.05 bits per heavy atom. The Morgan fingerprint density at radius 1 is 0.632 bits per heavy atom. The van der Waals surface area contributed by atoms with Crippen molar-refractivity contribution in [2.24, 2.45) is 0 Å². The predicted octanol–water partition coefficient (Wildman–Crippen LogP) is 6.31. The molecule has 0 radical (unpaired) electrons. The van der Waals surface area contributed by atoms with Crippen molar-refractivity contribution in [1.29, 1.82) is 0 Å². The molecule has 0 spiro atoms. The first-order valence-electron chi connectivity index (χ1n) is 8.54. The summed E-state index contributed by atoms with van der Waals surface area (Å²) in [6.07, 6.45) is 16.8. The highest BCUT2D eigenvalue weighted by atomic mass is 79.9. The molecule has 0 unspecified atom stereocenters. The van der Waals surface area contributed by atoms with Crippen molar-refractivity contribution >= 4 is 15.9 Å². The summed E-state index contributed by atoms with van der Waals surface area (Å²) in [6, 6.07) is 0. The van der Waals surface area contributed by atoms with Crippen LogP contribution in [0.2, 0.25) is 0 Å². The zero-order valence-electron chi connectivity index (χ0n) is 13.8. The molecule has 0 bridgehead atoms. The van der Waals surface area contributed by atoms with Gasteiger partial charge in [-0.2, -0.15) is 0 Å². The molecule has 1 nitrogen and oxygen atoms in total. The van der Waals surface area contributed by atoms with Gasteiger partial charge in [-0.1, -0.05) is 94.0 Å². The third kappa shape index (κ3) is 27.6. The second-order valence-electron chi connectivity index (χ2n) is 5.33. The molecule has 2 heteroatoms. The summed E-state index contributed by atoms with van der Waals surface area (Å²) in [6.45, 7) is 5.69. The Morgan fingerprint density at radius 3 is 1.47 bits per heavy atom. The molecule has 118 valence electrons. The van der Waals surface area contributed by atoms with Gasteiger partial charge in [0, 0.05) is 5.33 Å². The lowest BCUT2D eigenvalue weighted by Gasteiger charge is -2.00. The van der Waals surface area contributed by atoms with E-state index in [0.29, 0.717) is 0 Å². The van der Waals surface area contributed by atoms with Crippen LogP contribution in [0.15, 0.2) is 0 Å². The van der Waals surface area contributed by atoms with Gasteiger partial charge in [0.15, 0.2) is 0 Å². The summed E-state index contributed by atoms with van der Waals surface area (Å²) in [7, 11) is 2.03. The maximum atomic E-state index is 3.38. The van der Waals surface area contributed by atoms with E-state index in [2.05, 4.69) is 35.1 Å². The standard InChI is InChI=1S/C11H25N.C6H13Br/c1-3-4-5-6-7-8-9-10-11-12-2;1-2-3-4-5-6-7/h12H,3-11H2,1-2H3;2-6H2,1H3. The van der Waals surface area contributed by atoms with E-state index >= 15 is 0 Å². The Hall–Kier alpha value is 0.440. The fourth-order valence-corrected chi connectivity index (χ4v) is 2.35. The average Bonchev–Trinajstić information content (AvgIpc) is 2.43. The van der Waals surface area contributed by atoms with Gasteiger partial charge in [-0.15, -0.1) is 0 Å². The SMILES string of the molecule is CCCCCCBr.CCCCCCCCCCNC. The maximum Gasteiger partial charge on any atom is 0.00313 e. The van der Waals surface area contributed by atoms with Crippen molar-refractivity contribution in [3.63, 3.8) is 0 Å². The van der Waals surface area contributed by atoms with Crippen LogP contribution in [0, 0.1) is 0 Å². The van der Waals surface area contributed by atoms with Crippen LogP contribution in [0.25, 0.3) is 0 Å². The third-order valence-electron chi connectivity index (χ3n) is 3.27. The van der Waals surface area contributed by atoms with E-state index in [9.17, 15) is 0 Å². The molecule has 0 atom stereocenters. The highest BCUT2D eigenvalue weighted by molar-refractivity contribution is 9.09. The maximum absolute atomic E-state index is 3.38. The molecule has 0 aliphatic carbocycles. The summed E-state index contributed by atoms with van der Waals surface area (Å²) in [5.41, 5.74) is 0. The molecule has 0 aromatic heterocycles. The first kappa shape index (κ1) is 21.7. The zero-order valence-corrected chi connectivity index (χ0v) is 15.4. The zero-order chi connectivity index (χ0) is 14.6. The van der Waals surface area contributed by atoms with E-state index in [4.69, 9.17) is 0 Å². The van der Waals surface area contributed by atoms with Crippen LogP contribution in [0.3, 0.4) is 0 Å². The molecule has 0 aliphatic rings. The number of rotatable bonds is 13. The molecule has 0 rings (SSSR count). The smallest absolute Gasteiger partial charge is 0.00313 e. The van der Waals surface area contributed by atoms with Gasteiger partial charge in [0.2, 0.25) is 0 Å². The Kier molecular flexibility index (Phi) is 26.9. The van der Waals surface area contributed by atoms with Gasteiger partial charge in [0.1, 0.15) is 0 Å². The lowest BCUT2D eigenvalue weighted by Crippen LogP contribution is -2.06. The molecule has 0 fully saturated rings. The van der Waals surface area contributed by atoms with E-state index in [-0.39, 0.29) is 0 Å². The minimum absolute atomic E-state index is 1.17. The van der Waals surface area contributed by atoms with Crippen molar-refractivity contribution in [2.45, 2.75) is 90.9 Å². The molecular weight excluding hydrogens is 298 g/mol. The van der Waals surface area contributed by atoms with E-state index in [0.717, 1.165) is 0 Å². The van der Waals surface area contributed by atoms with E-state index in [1.807, 2.05) is 7.05 Å². The topological polar surface area (TPSA) is 12.0 Å². The number of alkyl halides is 1. The van der Waals surface area contributed by atoms with Crippen LogP contribution in [-0.2, 0) is 0 Å². The molecular formula is C17H38BrN. The predicted molar refractivity (Wildman–Crippen MR) is 94.5 cm³/mol. The summed E-state index contributed by atoms with van der Waals surface area (Å²) in [5, 5.41) is 4.35.